The van der Waals surface area contributed by atoms with Crippen molar-refractivity contribution in [3.63, 3.8) is 0 Å². The van der Waals surface area contributed by atoms with Crippen LogP contribution in [0.25, 0.3) is 0 Å². The summed E-state index contributed by atoms with van der Waals surface area (Å²) in [6, 6.07) is 4.19. The van der Waals surface area contributed by atoms with Crippen molar-refractivity contribution in [2.45, 2.75) is 39.8 Å². The minimum Gasteiger partial charge on any atom is -0.468 e. The van der Waals surface area contributed by atoms with Crippen LogP contribution in [0.3, 0.4) is 0 Å². The van der Waals surface area contributed by atoms with E-state index in [4.69, 9.17) is 10.2 Å². The summed E-state index contributed by atoms with van der Waals surface area (Å²) in [7, 11) is 0. The molecule has 2 atom stereocenters. The summed E-state index contributed by atoms with van der Waals surface area (Å²) < 4.78 is 5.35. The first-order chi connectivity index (χ1) is 7.67. The van der Waals surface area contributed by atoms with E-state index in [0.29, 0.717) is 5.92 Å². The van der Waals surface area contributed by atoms with Crippen molar-refractivity contribution in [2.24, 2.45) is 11.7 Å². The van der Waals surface area contributed by atoms with E-state index in [1.54, 1.807) is 6.26 Å². The molecule has 3 nitrogen and oxygen atoms in total. The van der Waals surface area contributed by atoms with Crippen molar-refractivity contribution in [2.75, 3.05) is 13.1 Å². The van der Waals surface area contributed by atoms with Crippen molar-refractivity contribution in [3.05, 3.63) is 24.2 Å². The highest BCUT2D eigenvalue weighted by Gasteiger charge is 2.15. The van der Waals surface area contributed by atoms with Crippen molar-refractivity contribution in [1.82, 2.24) is 4.90 Å². The average Bonchev–Trinajstić information content (AvgIpc) is 2.79. The van der Waals surface area contributed by atoms with Gasteiger partial charge in [0, 0.05) is 12.6 Å². The van der Waals surface area contributed by atoms with Crippen molar-refractivity contribution >= 4 is 0 Å². The minimum atomic E-state index is 0.250. The molecule has 0 saturated carbocycles. The van der Waals surface area contributed by atoms with Gasteiger partial charge >= 0.3 is 0 Å². The van der Waals surface area contributed by atoms with Gasteiger partial charge in [-0.1, -0.05) is 27.2 Å². The van der Waals surface area contributed by atoms with Crippen molar-refractivity contribution in [1.29, 1.82) is 0 Å². The Kier molecular flexibility index (Phi) is 5.56. The third-order valence-corrected chi connectivity index (χ3v) is 3.25. The number of hydrogen-bond acceptors (Lipinski definition) is 3. The Morgan fingerprint density at radius 1 is 1.44 bits per heavy atom. The van der Waals surface area contributed by atoms with E-state index < -0.39 is 0 Å². The summed E-state index contributed by atoms with van der Waals surface area (Å²) in [5, 5.41) is 0. The SMILES string of the molecule is CCC(C)C(N)CN(CC)Cc1ccco1. The van der Waals surface area contributed by atoms with Crippen molar-refractivity contribution < 1.29 is 4.42 Å². The summed E-state index contributed by atoms with van der Waals surface area (Å²) in [4.78, 5) is 2.33. The fourth-order valence-electron chi connectivity index (χ4n) is 1.71. The van der Waals surface area contributed by atoms with E-state index in [1.165, 1.54) is 0 Å². The van der Waals surface area contributed by atoms with Crippen LogP contribution in [0.4, 0.5) is 0 Å². The maximum absolute atomic E-state index is 6.16. The number of nitrogens with two attached hydrogens (primary N) is 1. The third-order valence-electron chi connectivity index (χ3n) is 3.25. The Hall–Kier alpha value is -0.800. The van der Waals surface area contributed by atoms with E-state index in [1.807, 2.05) is 12.1 Å². The number of likely N-dealkylation sites (N-methyl/N-ethyl adjacent to an activating group) is 1. The van der Waals surface area contributed by atoms with E-state index >= 15 is 0 Å². The molecular weight excluding hydrogens is 200 g/mol. The second-order valence-electron chi connectivity index (χ2n) is 4.46. The molecule has 1 rings (SSSR count). The first-order valence-electron chi connectivity index (χ1n) is 6.17. The molecule has 1 aromatic rings. The Morgan fingerprint density at radius 2 is 2.19 bits per heavy atom. The van der Waals surface area contributed by atoms with Gasteiger partial charge in [-0.05, 0) is 24.6 Å². The zero-order valence-electron chi connectivity index (χ0n) is 10.6. The van der Waals surface area contributed by atoms with Gasteiger partial charge in [-0.3, -0.25) is 4.90 Å². The molecule has 0 aromatic carbocycles. The first-order valence-corrected chi connectivity index (χ1v) is 6.17. The highest BCUT2D eigenvalue weighted by atomic mass is 16.3. The minimum absolute atomic E-state index is 0.250. The van der Waals surface area contributed by atoms with E-state index in [-0.39, 0.29) is 6.04 Å². The summed E-state index contributed by atoms with van der Waals surface area (Å²) >= 11 is 0. The highest BCUT2D eigenvalue weighted by Crippen LogP contribution is 2.10. The van der Waals surface area contributed by atoms with Crippen LogP contribution in [0.15, 0.2) is 22.8 Å². The average molecular weight is 224 g/mol. The summed E-state index contributed by atoms with van der Waals surface area (Å²) in [6.07, 6.45) is 2.86. The van der Waals surface area contributed by atoms with Gasteiger partial charge in [0.2, 0.25) is 0 Å². The number of furan rings is 1. The Balaban J connectivity index is 2.42. The fourth-order valence-corrected chi connectivity index (χ4v) is 1.71. The molecule has 0 radical (unpaired) electrons. The van der Waals surface area contributed by atoms with Gasteiger partial charge in [-0.25, -0.2) is 0 Å². The van der Waals surface area contributed by atoms with Crippen molar-refractivity contribution in [3.8, 4) is 0 Å². The van der Waals surface area contributed by atoms with Crippen LogP contribution >= 0.6 is 0 Å². The van der Waals surface area contributed by atoms with Crippen LogP contribution in [0.2, 0.25) is 0 Å². The molecule has 0 saturated heterocycles. The van der Waals surface area contributed by atoms with Gasteiger partial charge in [0.1, 0.15) is 5.76 Å². The van der Waals surface area contributed by atoms with E-state index in [0.717, 1.165) is 31.8 Å². The molecule has 2 unspecified atom stereocenters. The molecule has 16 heavy (non-hydrogen) atoms. The topological polar surface area (TPSA) is 42.4 Å². The molecule has 0 fully saturated rings. The zero-order valence-corrected chi connectivity index (χ0v) is 10.6. The van der Waals surface area contributed by atoms with Crippen LogP contribution < -0.4 is 5.73 Å². The Bertz CT molecular complexity index is 271. The monoisotopic (exact) mass is 224 g/mol. The molecule has 2 N–H and O–H groups in total. The Morgan fingerprint density at radius 3 is 2.69 bits per heavy atom. The van der Waals surface area contributed by atoms with E-state index in [9.17, 15) is 0 Å². The quantitative estimate of drug-likeness (QED) is 0.773. The van der Waals surface area contributed by atoms with Gasteiger partial charge in [0.25, 0.3) is 0 Å². The van der Waals surface area contributed by atoms with Crippen LogP contribution in [0.1, 0.15) is 33.0 Å². The first kappa shape index (κ1) is 13.3. The molecule has 0 amide bonds. The molecule has 0 spiro atoms. The lowest BCUT2D eigenvalue weighted by molar-refractivity contribution is 0.219. The molecule has 0 aliphatic carbocycles. The summed E-state index contributed by atoms with van der Waals surface area (Å²) in [6.45, 7) is 9.36. The van der Waals surface area contributed by atoms with Gasteiger partial charge < -0.3 is 10.2 Å². The van der Waals surface area contributed by atoms with Gasteiger partial charge in [0.05, 0.1) is 12.8 Å². The highest BCUT2D eigenvalue weighted by molar-refractivity contribution is 4.98. The lowest BCUT2D eigenvalue weighted by Gasteiger charge is -2.26. The van der Waals surface area contributed by atoms with Crippen LogP contribution in [-0.4, -0.2) is 24.0 Å². The molecule has 92 valence electrons. The molecule has 1 heterocycles. The Labute approximate surface area is 98.6 Å². The lowest BCUT2D eigenvalue weighted by Crippen LogP contribution is -2.40. The molecule has 3 heteroatoms. The fraction of sp³-hybridized carbons (Fsp3) is 0.692. The largest absolute Gasteiger partial charge is 0.468 e. The molecule has 0 aliphatic rings. The third kappa shape index (κ3) is 3.99. The van der Waals surface area contributed by atoms with Crippen LogP contribution in [0, 0.1) is 5.92 Å². The molecular formula is C13H24N2O. The van der Waals surface area contributed by atoms with E-state index in [2.05, 4.69) is 25.7 Å². The molecule has 0 bridgehead atoms. The maximum atomic E-state index is 6.16. The second-order valence-corrected chi connectivity index (χ2v) is 4.46. The van der Waals surface area contributed by atoms with Crippen LogP contribution in [0.5, 0.6) is 0 Å². The molecule has 0 aliphatic heterocycles. The van der Waals surface area contributed by atoms with Gasteiger partial charge in [0.15, 0.2) is 0 Å². The lowest BCUT2D eigenvalue weighted by atomic mass is 9.99. The second kappa shape index (κ2) is 6.71. The van der Waals surface area contributed by atoms with Crippen LogP contribution in [-0.2, 0) is 6.54 Å². The number of hydrogen-bond donors (Lipinski definition) is 1. The predicted molar refractivity (Wildman–Crippen MR) is 67.1 cm³/mol. The summed E-state index contributed by atoms with van der Waals surface area (Å²) in [5.74, 6) is 1.59. The number of nitrogens with zero attached hydrogens (tertiary/aromatic N) is 1. The van der Waals surface area contributed by atoms with Gasteiger partial charge in [-0.15, -0.1) is 0 Å². The maximum Gasteiger partial charge on any atom is 0.117 e. The number of rotatable bonds is 7. The molecule has 1 aromatic heterocycles. The normalized spacial score (nSPS) is 15.3. The summed E-state index contributed by atoms with van der Waals surface area (Å²) in [5.41, 5.74) is 6.16. The smallest absolute Gasteiger partial charge is 0.117 e. The standard InChI is InChI=1S/C13H24N2O/c1-4-11(3)13(14)10-15(5-2)9-12-7-6-8-16-12/h6-8,11,13H,4-5,9-10,14H2,1-3H3. The van der Waals surface area contributed by atoms with Gasteiger partial charge in [-0.2, -0.15) is 0 Å². The predicted octanol–water partition coefficient (Wildman–Crippen LogP) is 2.47. The zero-order chi connectivity index (χ0) is 12.0.